The van der Waals surface area contributed by atoms with Crippen LogP contribution in [0.5, 0.6) is 0 Å². The van der Waals surface area contributed by atoms with E-state index in [-0.39, 0.29) is 6.04 Å². The molecule has 1 aromatic rings. The predicted molar refractivity (Wildman–Crippen MR) is 82.1 cm³/mol. The molecule has 1 atom stereocenters. The fraction of sp³-hybridized carbons (Fsp3) is 0.533. The summed E-state index contributed by atoms with van der Waals surface area (Å²) in [6.07, 6.45) is 7.47. The highest BCUT2D eigenvalue weighted by Gasteiger charge is 2.20. The van der Waals surface area contributed by atoms with Crippen LogP contribution in [0.25, 0.3) is 0 Å². The third kappa shape index (κ3) is 4.21. The maximum Gasteiger partial charge on any atom is 0.122 e. The molecule has 4 heteroatoms. The van der Waals surface area contributed by atoms with Crippen molar-refractivity contribution < 1.29 is 0 Å². The Morgan fingerprint density at radius 3 is 2.58 bits per heavy atom. The highest BCUT2D eigenvalue weighted by Crippen LogP contribution is 2.28. The van der Waals surface area contributed by atoms with Crippen molar-refractivity contribution in [2.24, 2.45) is 0 Å². The maximum atomic E-state index is 9.42. The van der Waals surface area contributed by atoms with Gasteiger partial charge in [0.25, 0.3) is 0 Å². The van der Waals surface area contributed by atoms with E-state index in [0.717, 1.165) is 22.9 Å². The number of hydrogen-bond donors (Lipinski definition) is 1. The molecule has 0 heterocycles. The van der Waals surface area contributed by atoms with E-state index in [9.17, 15) is 5.26 Å². The Balaban J connectivity index is 2.11. The van der Waals surface area contributed by atoms with Gasteiger partial charge in [-0.1, -0.05) is 53.2 Å². The normalized spacial score (nSPS) is 18.6. The van der Waals surface area contributed by atoms with Crippen molar-refractivity contribution in [3.8, 4) is 6.07 Å². The minimum Gasteiger partial charge on any atom is -0.295 e. The summed E-state index contributed by atoms with van der Waals surface area (Å²) in [4.78, 5) is 0. The summed E-state index contributed by atoms with van der Waals surface area (Å²) in [6, 6.07) is 8.09. The van der Waals surface area contributed by atoms with Crippen LogP contribution in [0.4, 0.5) is 0 Å². The second-order valence-electron chi connectivity index (χ2n) is 5.08. The van der Waals surface area contributed by atoms with Crippen LogP contribution in [0.1, 0.15) is 50.1 Å². The van der Waals surface area contributed by atoms with Gasteiger partial charge in [0.1, 0.15) is 6.04 Å². The molecule has 102 valence electrons. The average molecular weight is 342 g/mol. The Labute approximate surface area is 128 Å². The van der Waals surface area contributed by atoms with E-state index in [1.54, 1.807) is 0 Å². The van der Waals surface area contributed by atoms with E-state index in [1.165, 1.54) is 25.7 Å². The largest absolute Gasteiger partial charge is 0.295 e. The number of hydrogen-bond acceptors (Lipinski definition) is 2. The van der Waals surface area contributed by atoms with Gasteiger partial charge in [0.05, 0.1) is 6.07 Å². The molecule has 0 aromatic heterocycles. The van der Waals surface area contributed by atoms with Crippen molar-refractivity contribution in [2.75, 3.05) is 0 Å². The van der Waals surface area contributed by atoms with Gasteiger partial charge in [-0.05, 0) is 36.6 Å². The monoisotopic (exact) mass is 340 g/mol. The second-order valence-corrected chi connectivity index (χ2v) is 6.37. The summed E-state index contributed by atoms with van der Waals surface area (Å²) in [5, 5.41) is 13.6. The molecule has 0 spiro atoms. The lowest BCUT2D eigenvalue weighted by Gasteiger charge is -2.21. The van der Waals surface area contributed by atoms with Gasteiger partial charge >= 0.3 is 0 Å². The van der Waals surface area contributed by atoms with E-state index in [2.05, 4.69) is 27.3 Å². The fourth-order valence-electron chi connectivity index (χ4n) is 2.61. The molecule has 1 aliphatic carbocycles. The van der Waals surface area contributed by atoms with Crippen molar-refractivity contribution in [1.29, 1.82) is 5.26 Å². The Bertz CT molecular complexity index is 462. The van der Waals surface area contributed by atoms with Crippen LogP contribution in [-0.4, -0.2) is 6.04 Å². The molecule has 2 nitrogen and oxygen atoms in total. The summed E-state index contributed by atoms with van der Waals surface area (Å²) in [5.74, 6) is 0. The van der Waals surface area contributed by atoms with Crippen LogP contribution in [0.2, 0.25) is 5.02 Å². The first-order chi connectivity index (χ1) is 9.20. The quantitative estimate of drug-likeness (QED) is 0.787. The van der Waals surface area contributed by atoms with Crippen LogP contribution < -0.4 is 5.32 Å². The molecule has 1 aromatic carbocycles. The first kappa shape index (κ1) is 14.8. The lowest BCUT2D eigenvalue weighted by atomic mass is 10.0. The number of nitrogens with one attached hydrogen (secondary N) is 1. The van der Waals surface area contributed by atoms with Crippen molar-refractivity contribution in [3.63, 3.8) is 0 Å². The van der Waals surface area contributed by atoms with E-state index in [0.29, 0.717) is 11.1 Å². The van der Waals surface area contributed by atoms with E-state index >= 15 is 0 Å². The number of nitriles is 1. The van der Waals surface area contributed by atoms with E-state index in [4.69, 9.17) is 11.6 Å². The van der Waals surface area contributed by atoms with Crippen LogP contribution >= 0.6 is 27.5 Å². The molecule has 1 unspecified atom stereocenters. The van der Waals surface area contributed by atoms with Gasteiger partial charge in [0.2, 0.25) is 0 Å². The molecule has 0 bridgehead atoms. The average Bonchev–Trinajstić information content (AvgIpc) is 2.67. The zero-order valence-electron chi connectivity index (χ0n) is 10.8. The van der Waals surface area contributed by atoms with Gasteiger partial charge in [0, 0.05) is 15.5 Å². The smallest absolute Gasteiger partial charge is 0.122 e. The van der Waals surface area contributed by atoms with Crippen molar-refractivity contribution >= 4 is 27.5 Å². The summed E-state index contributed by atoms with van der Waals surface area (Å²) in [5.41, 5.74) is 0.930. The maximum absolute atomic E-state index is 9.42. The lowest BCUT2D eigenvalue weighted by Crippen LogP contribution is -2.32. The number of halogens is 2. The molecule has 1 saturated carbocycles. The molecule has 1 fully saturated rings. The Kier molecular flexibility index (Phi) is 5.69. The van der Waals surface area contributed by atoms with Gasteiger partial charge in [-0.2, -0.15) is 5.26 Å². The van der Waals surface area contributed by atoms with Gasteiger partial charge in [-0.3, -0.25) is 5.32 Å². The summed E-state index contributed by atoms with van der Waals surface area (Å²) < 4.78 is 0.935. The molecular weight excluding hydrogens is 324 g/mol. The molecule has 1 aliphatic rings. The highest BCUT2D eigenvalue weighted by molar-refractivity contribution is 9.10. The molecule has 0 amide bonds. The van der Waals surface area contributed by atoms with Crippen LogP contribution in [-0.2, 0) is 0 Å². The minimum absolute atomic E-state index is 0.295. The van der Waals surface area contributed by atoms with Gasteiger partial charge in [-0.15, -0.1) is 0 Å². The van der Waals surface area contributed by atoms with Gasteiger partial charge in [0.15, 0.2) is 0 Å². The zero-order valence-corrected chi connectivity index (χ0v) is 13.2. The minimum atomic E-state index is -0.295. The number of rotatable bonds is 3. The topological polar surface area (TPSA) is 35.8 Å². The van der Waals surface area contributed by atoms with Crippen LogP contribution in [0.3, 0.4) is 0 Å². The lowest BCUT2D eigenvalue weighted by molar-refractivity contribution is 0.436. The van der Waals surface area contributed by atoms with Crippen molar-refractivity contribution in [1.82, 2.24) is 5.32 Å². The van der Waals surface area contributed by atoms with E-state index < -0.39 is 0 Å². The van der Waals surface area contributed by atoms with Crippen molar-refractivity contribution in [2.45, 2.75) is 50.6 Å². The zero-order chi connectivity index (χ0) is 13.7. The highest BCUT2D eigenvalue weighted by atomic mass is 79.9. The predicted octanol–water partition coefficient (Wildman–Crippen LogP) is 4.98. The molecule has 0 radical (unpaired) electrons. The van der Waals surface area contributed by atoms with Crippen molar-refractivity contribution in [3.05, 3.63) is 33.3 Å². The summed E-state index contributed by atoms with van der Waals surface area (Å²) in [7, 11) is 0. The van der Waals surface area contributed by atoms with Gasteiger partial charge < -0.3 is 0 Å². The second kappa shape index (κ2) is 7.28. The van der Waals surface area contributed by atoms with Crippen LogP contribution in [0, 0.1) is 11.3 Å². The Morgan fingerprint density at radius 2 is 1.95 bits per heavy atom. The third-order valence-corrected chi connectivity index (χ3v) is 4.61. The van der Waals surface area contributed by atoms with Crippen LogP contribution in [0.15, 0.2) is 22.7 Å². The molecular formula is C15H18BrClN2. The Hall–Kier alpha value is -0.560. The first-order valence-corrected chi connectivity index (χ1v) is 7.98. The van der Waals surface area contributed by atoms with E-state index in [1.807, 2.05) is 18.2 Å². The summed E-state index contributed by atoms with van der Waals surface area (Å²) in [6.45, 7) is 0. The number of nitrogens with zero attached hydrogens (tertiary/aromatic N) is 1. The standard InChI is InChI=1S/C15H18BrClN2/c16-14-8-7-11(17)9-13(14)15(10-18)19-12-5-3-1-2-4-6-12/h7-9,12,15,19H,1-6H2. The molecule has 2 rings (SSSR count). The van der Waals surface area contributed by atoms with Gasteiger partial charge in [-0.25, -0.2) is 0 Å². The Morgan fingerprint density at radius 1 is 1.26 bits per heavy atom. The first-order valence-electron chi connectivity index (χ1n) is 6.81. The number of benzene rings is 1. The molecule has 1 N–H and O–H groups in total. The molecule has 19 heavy (non-hydrogen) atoms. The molecule has 0 aliphatic heterocycles. The molecule has 0 saturated heterocycles. The fourth-order valence-corrected chi connectivity index (χ4v) is 3.27. The summed E-state index contributed by atoms with van der Waals surface area (Å²) >= 11 is 9.53. The third-order valence-electron chi connectivity index (χ3n) is 3.66. The SMILES string of the molecule is N#CC(NC1CCCCCC1)c1cc(Cl)ccc1Br.